The molecule has 0 spiro atoms. The van der Waals surface area contributed by atoms with Crippen molar-refractivity contribution in [2.24, 2.45) is 0 Å². The second kappa shape index (κ2) is 9.61. The molecule has 2 aromatic rings. The molecule has 164 valence electrons. The summed E-state index contributed by atoms with van der Waals surface area (Å²) in [5.41, 5.74) is 0.743. The van der Waals surface area contributed by atoms with Crippen LogP contribution in [0, 0.1) is 17.0 Å². The van der Waals surface area contributed by atoms with Crippen LogP contribution in [0.3, 0.4) is 0 Å². The number of methoxy groups -OCH3 is 2. The van der Waals surface area contributed by atoms with Gasteiger partial charge >= 0.3 is 11.9 Å². The maximum absolute atomic E-state index is 12.6. The zero-order valence-electron chi connectivity index (χ0n) is 17.6. The zero-order valence-corrected chi connectivity index (χ0v) is 17.6. The molecule has 0 bridgehead atoms. The lowest BCUT2D eigenvalue weighted by atomic mass is 10.1. The number of esters is 2. The van der Waals surface area contributed by atoms with Crippen LogP contribution in [0.4, 0.5) is 11.4 Å². The molecule has 0 saturated heterocycles. The van der Waals surface area contributed by atoms with E-state index in [0.717, 1.165) is 5.56 Å². The van der Waals surface area contributed by atoms with Gasteiger partial charge in [-0.05, 0) is 31.2 Å². The quantitative estimate of drug-likeness (QED) is 0.377. The van der Waals surface area contributed by atoms with Gasteiger partial charge < -0.3 is 19.1 Å². The first-order valence-electron chi connectivity index (χ1n) is 9.43. The van der Waals surface area contributed by atoms with Crippen molar-refractivity contribution in [3.05, 3.63) is 93.8 Å². The molecule has 0 aliphatic carbocycles. The van der Waals surface area contributed by atoms with Crippen molar-refractivity contribution >= 4 is 23.3 Å². The first-order valence-corrected chi connectivity index (χ1v) is 9.43. The topological polar surface area (TPSA) is 108 Å². The van der Waals surface area contributed by atoms with Crippen molar-refractivity contribution in [3.8, 4) is 11.5 Å². The van der Waals surface area contributed by atoms with Crippen molar-refractivity contribution in [3.63, 3.8) is 0 Å². The van der Waals surface area contributed by atoms with Gasteiger partial charge in [0.05, 0.1) is 36.5 Å². The molecule has 2 aromatic carbocycles. The standard InChI is InChI=1S/C23H20N2O7/c1-15-7-9-18(10-8-15)32-19-13-16(12-17(14-19)25(28)29)24-11-5-4-6-20(22(26)30-2)21(24)23(27)31-3/h4-14H,1-3H3. The first-order chi connectivity index (χ1) is 15.3. The van der Waals surface area contributed by atoms with E-state index in [-0.39, 0.29) is 28.4 Å². The summed E-state index contributed by atoms with van der Waals surface area (Å²) in [5, 5.41) is 11.6. The molecule has 0 aromatic heterocycles. The van der Waals surface area contributed by atoms with Crippen LogP contribution < -0.4 is 9.64 Å². The number of hydrogen-bond donors (Lipinski definition) is 0. The van der Waals surface area contributed by atoms with Crippen molar-refractivity contribution in [2.45, 2.75) is 6.92 Å². The fourth-order valence-corrected chi connectivity index (χ4v) is 2.98. The van der Waals surface area contributed by atoms with E-state index in [1.165, 1.54) is 55.7 Å². The molecule has 0 unspecified atom stereocenters. The molecular weight excluding hydrogens is 416 g/mol. The van der Waals surface area contributed by atoms with Crippen LogP contribution in [-0.4, -0.2) is 31.1 Å². The highest BCUT2D eigenvalue weighted by atomic mass is 16.6. The van der Waals surface area contributed by atoms with Gasteiger partial charge in [-0.1, -0.05) is 23.8 Å². The molecule has 1 heterocycles. The molecule has 0 amide bonds. The number of carbonyl (C=O) groups excluding carboxylic acids is 2. The molecule has 9 heteroatoms. The van der Waals surface area contributed by atoms with Crippen LogP contribution >= 0.6 is 0 Å². The van der Waals surface area contributed by atoms with Gasteiger partial charge in [-0.15, -0.1) is 0 Å². The zero-order chi connectivity index (χ0) is 23.3. The van der Waals surface area contributed by atoms with Crippen LogP contribution in [0.1, 0.15) is 5.56 Å². The second-order valence-corrected chi connectivity index (χ2v) is 6.67. The Morgan fingerprint density at radius 1 is 0.938 bits per heavy atom. The smallest absolute Gasteiger partial charge is 0.355 e. The number of hydrogen-bond acceptors (Lipinski definition) is 8. The molecule has 0 saturated carbocycles. The number of benzene rings is 2. The van der Waals surface area contributed by atoms with E-state index in [9.17, 15) is 19.7 Å². The summed E-state index contributed by atoms with van der Waals surface area (Å²) >= 11 is 0. The Morgan fingerprint density at radius 3 is 2.25 bits per heavy atom. The summed E-state index contributed by atoms with van der Waals surface area (Å²) < 4.78 is 15.5. The highest BCUT2D eigenvalue weighted by Crippen LogP contribution is 2.35. The van der Waals surface area contributed by atoms with Gasteiger partial charge in [-0.2, -0.15) is 0 Å². The highest BCUT2D eigenvalue weighted by Gasteiger charge is 2.28. The largest absolute Gasteiger partial charge is 0.465 e. The Kier molecular flexibility index (Phi) is 6.69. The lowest BCUT2D eigenvalue weighted by Crippen LogP contribution is -2.27. The van der Waals surface area contributed by atoms with E-state index in [4.69, 9.17) is 14.2 Å². The van der Waals surface area contributed by atoms with E-state index >= 15 is 0 Å². The Morgan fingerprint density at radius 2 is 1.62 bits per heavy atom. The van der Waals surface area contributed by atoms with E-state index < -0.39 is 16.9 Å². The normalized spacial score (nSPS) is 12.9. The molecule has 1 aliphatic heterocycles. The number of nitro benzene ring substituents is 1. The lowest BCUT2D eigenvalue weighted by Gasteiger charge is -2.23. The Bertz CT molecular complexity index is 1150. The van der Waals surface area contributed by atoms with Crippen molar-refractivity contribution in [1.82, 2.24) is 0 Å². The van der Waals surface area contributed by atoms with Gasteiger partial charge in [0, 0.05) is 18.3 Å². The Hall–Kier alpha value is -4.40. The third kappa shape index (κ3) is 4.84. The summed E-state index contributed by atoms with van der Waals surface area (Å²) in [7, 11) is 2.35. The average molecular weight is 436 g/mol. The lowest BCUT2D eigenvalue weighted by molar-refractivity contribution is -0.384. The average Bonchev–Trinajstić information content (AvgIpc) is 3.02. The van der Waals surface area contributed by atoms with Crippen LogP contribution in [0.2, 0.25) is 0 Å². The molecule has 1 aliphatic rings. The third-order valence-corrected chi connectivity index (χ3v) is 4.51. The van der Waals surface area contributed by atoms with E-state index in [1.807, 2.05) is 19.1 Å². The summed E-state index contributed by atoms with van der Waals surface area (Å²) in [4.78, 5) is 37.2. The fraction of sp³-hybridized carbons (Fsp3) is 0.130. The summed E-state index contributed by atoms with van der Waals surface area (Å²) in [5.74, 6) is -0.937. The van der Waals surface area contributed by atoms with E-state index in [1.54, 1.807) is 18.2 Å². The van der Waals surface area contributed by atoms with Gasteiger partial charge in [-0.3, -0.25) is 10.1 Å². The number of nitro groups is 1. The molecule has 32 heavy (non-hydrogen) atoms. The molecule has 0 radical (unpaired) electrons. The van der Waals surface area contributed by atoms with Crippen molar-refractivity contribution in [1.29, 1.82) is 0 Å². The van der Waals surface area contributed by atoms with E-state index in [0.29, 0.717) is 5.75 Å². The van der Waals surface area contributed by atoms with Crippen LogP contribution in [0.5, 0.6) is 11.5 Å². The van der Waals surface area contributed by atoms with Gasteiger partial charge in [0.1, 0.15) is 17.2 Å². The summed E-state index contributed by atoms with van der Waals surface area (Å²) in [6.45, 7) is 1.93. The van der Waals surface area contributed by atoms with Gasteiger partial charge in [0.15, 0.2) is 0 Å². The maximum Gasteiger partial charge on any atom is 0.355 e. The van der Waals surface area contributed by atoms with Crippen LogP contribution in [0.25, 0.3) is 0 Å². The van der Waals surface area contributed by atoms with Crippen molar-refractivity contribution in [2.75, 3.05) is 19.1 Å². The molecular formula is C23H20N2O7. The Balaban J connectivity index is 2.15. The van der Waals surface area contributed by atoms with Gasteiger partial charge in [0.2, 0.25) is 0 Å². The highest BCUT2D eigenvalue weighted by molar-refractivity contribution is 6.05. The monoisotopic (exact) mass is 436 g/mol. The number of ether oxygens (including phenoxy) is 3. The number of allylic oxidation sites excluding steroid dienone is 2. The third-order valence-electron chi connectivity index (χ3n) is 4.51. The number of carbonyl (C=O) groups is 2. The van der Waals surface area contributed by atoms with Crippen LogP contribution in [0.15, 0.2) is 78.2 Å². The number of nitrogens with zero attached hydrogens (tertiary/aromatic N) is 2. The van der Waals surface area contributed by atoms with E-state index in [2.05, 4.69) is 0 Å². The minimum Gasteiger partial charge on any atom is -0.465 e. The minimum absolute atomic E-state index is 0.0724. The molecule has 3 rings (SSSR count). The number of non-ortho nitro benzene ring substituents is 1. The van der Waals surface area contributed by atoms with Crippen LogP contribution in [-0.2, 0) is 19.1 Å². The number of rotatable bonds is 6. The minimum atomic E-state index is -0.825. The molecule has 9 nitrogen and oxygen atoms in total. The maximum atomic E-state index is 12.6. The summed E-state index contributed by atoms with van der Waals surface area (Å²) in [6.07, 6.45) is 5.98. The SMILES string of the molecule is COC(=O)C1=C(C(=O)OC)N(c2cc(Oc3ccc(C)cc3)cc([N+](=O)[O-])c2)C=CC=C1. The second-order valence-electron chi connectivity index (χ2n) is 6.67. The van der Waals surface area contributed by atoms with Gasteiger partial charge in [-0.25, -0.2) is 9.59 Å². The number of anilines is 1. The first kappa shape index (κ1) is 22.3. The number of aryl methyl sites for hydroxylation is 1. The van der Waals surface area contributed by atoms with Gasteiger partial charge in [0.25, 0.3) is 5.69 Å². The molecule has 0 N–H and O–H groups in total. The predicted octanol–water partition coefficient (Wildman–Crippen LogP) is 4.19. The fourth-order valence-electron chi connectivity index (χ4n) is 2.98. The predicted molar refractivity (Wildman–Crippen MR) is 116 cm³/mol. The molecule has 0 fully saturated rings. The molecule has 0 atom stereocenters. The Labute approximate surface area is 184 Å². The summed E-state index contributed by atoms with van der Waals surface area (Å²) in [6, 6.07) is 11.2. The van der Waals surface area contributed by atoms with Crippen molar-refractivity contribution < 1.29 is 28.7 Å².